The average Bonchev–Trinajstić information content (AvgIpc) is 2.16. The normalized spacial score (nSPS) is 21.5. The zero-order valence-electron chi connectivity index (χ0n) is 9.47. The molecule has 0 aromatic heterocycles. The Morgan fingerprint density at radius 3 is 2.86 bits per heavy atom. The predicted octanol–water partition coefficient (Wildman–Crippen LogP) is 3.30. The molecule has 1 atom stereocenters. The van der Waals surface area contributed by atoms with Crippen molar-refractivity contribution >= 4 is 0 Å². The zero-order chi connectivity index (χ0) is 10.4. The summed E-state index contributed by atoms with van der Waals surface area (Å²) in [5.41, 5.74) is -0.303. The lowest BCUT2D eigenvalue weighted by molar-refractivity contribution is -0.0172. The molecule has 1 aliphatic carbocycles. The van der Waals surface area contributed by atoms with E-state index in [0.29, 0.717) is 0 Å². The predicted molar refractivity (Wildman–Crippen MR) is 60.0 cm³/mol. The van der Waals surface area contributed by atoms with Crippen LogP contribution in [0.15, 0.2) is 12.2 Å². The molecule has 1 unspecified atom stereocenters. The van der Waals surface area contributed by atoms with Gasteiger partial charge in [-0.15, -0.1) is 5.92 Å². The molecule has 14 heavy (non-hydrogen) atoms. The summed E-state index contributed by atoms with van der Waals surface area (Å²) in [6, 6.07) is 0. The van der Waals surface area contributed by atoms with Gasteiger partial charge < -0.3 is 4.74 Å². The van der Waals surface area contributed by atoms with Gasteiger partial charge in [-0.3, -0.25) is 0 Å². The van der Waals surface area contributed by atoms with Gasteiger partial charge in [0.1, 0.15) is 5.60 Å². The summed E-state index contributed by atoms with van der Waals surface area (Å²) in [7, 11) is 0. The van der Waals surface area contributed by atoms with Crippen LogP contribution in [0.1, 0.15) is 46.5 Å². The van der Waals surface area contributed by atoms with Crippen LogP contribution in [0.2, 0.25) is 0 Å². The molecule has 0 aromatic carbocycles. The Morgan fingerprint density at radius 1 is 1.50 bits per heavy atom. The second-order valence-electron chi connectivity index (χ2n) is 4.18. The summed E-state index contributed by atoms with van der Waals surface area (Å²) in [6.07, 6.45) is 9.10. The standard InChI is InChI=1S/C13H20O/c1-4-5-11-13(2,3)14-12-9-7-6-8-10-12/h7,9,12H,4,6,8,10H2,1-3H3. The summed E-state index contributed by atoms with van der Waals surface area (Å²) in [6.45, 7) is 6.14. The van der Waals surface area contributed by atoms with Gasteiger partial charge in [-0.1, -0.05) is 25.0 Å². The van der Waals surface area contributed by atoms with Crippen molar-refractivity contribution in [1.82, 2.24) is 0 Å². The van der Waals surface area contributed by atoms with Gasteiger partial charge in [0.15, 0.2) is 0 Å². The van der Waals surface area contributed by atoms with Crippen molar-refractivity contribution < 1.29 is 4.74 Å². The molecular formula is C13H20O. The number of ether oxygens (including phenoxy) is 1. The highest BCUT2D eigenvalue weighted by molar-refractivity contribution is 5.11. The van der Waals surface area contributed by atoms with Crippen LogP contribution in [0.5, 0.6) is 0 Å². The smallest absolute Gasteiger partial charge is 0.123 e. The molecule has 1 rings (SSSR count). The Morgan fingerprint density at radius 2 is 2.29 bits per heavy atom. The molecule has 1 nitrogen and oxygen atoms in total. The Balaban J connectivity index is 2.48. The van der Waals surface area contributed by atoms with E-state index >= 15 is 0 Å². The van der Waals surface area contributed by atoms with Crippen molar-refractivity contribution in [2.45, 2.75) is 58.2 Å². The van der Waals surface area contributed by atoms with Crippen molar-refractivity contribution in [2.24, 2.45) is 0 Å². The maximum atomic E-state index is 5.92. The SMILES string of the molecule is CCC#CC(C)(C)OC1C=CCCC1. The van der Waals surface area contributed by atoms with Crippen LogP contribution in [-0.4, -0.2) is 11.7 Å². The monoisotopic (exact) mass is 192 g/mol. The molecule has 1 aliphatic rings. The van der Waals surface area contributed by atoms with Crippen LogP contribution in [-0.2, 0) is 4.74 Å². The van der Waals surface area contributed by atoms with Gasteiger partial charge >= 0.3 is 0 Å². The minimum Gasteiger partial charge on any atom is -0.356 e. The van der Waals surface area contributed by atoms with Crippen molar-refractivity contribution in [3.8, 4) is 11.8 Å². The first-order chi connectivity index (χ1) is 6.64. The van der Waals surface area contributed by atoms with E-state index in [4.69, 9.17) is 4.74 Å². The first-order valence-corrected chi connectivity index (χ1v) is 5.48. The van der Waals surface area contributed by atoms with E-state index in [1.807, 2.05) is 13.8 Å². The minimum atomic E-state index is -0.303. The number of allylic oxidation sites excluding steroid dienone is 1. The van der Waals surface area contributed by atoms with E-state index in [9.17, 15) is 0 Å². The van der Waals surface area contributed by atoms with Gasteiger partial charge in [0, 0.05) is 6.42 Å². The maximum Gasteiger partial charge on any atom is 0.123 e. The van der Waals surface area contributed by atoms with Crippen LogP contribution in [0.25, 0.3) is 0 Å². The zero-order valence-corrected chi connectivity index (χ0v) is 9.47. The van der Waals surface area contributed by atoms with Gasteiger partial charge in [-0.05, 0) is 33.1 Å². The quantitative estimate of drug-likeness (QED) is 0.482. The Labute approximate surface area is 87.5 Å². The lowest BCUT2D eigenvalue weighted by Gasteiger charge is -2.26. The van der Waals surface area contributed by atoms with E-state index in [1.54, 1.807) is 0 Å². The summed E-state index contributed by atoms with van der Waals surface area (Å²) < 4.78 is 5.92. The van der Waals surface area contributed by atoms with Crippen LogP contribution in [0.4, 0.5) is 0 Å². The van der Waals surface area contributed by atoms with E-state index in [2.05, 4.69) is 30.9 Å². The summed E-state index contributed by atoms with van der Waals surface area (Å²) >= 11 is 0. The Bertz CT molecular complexity index is 252. The summed E-state index contributed by atoms with van der Waals surface area (Å²) in [5.74, 6) is 6.23. The van der Waals surface area contributed by atoms with Crippen molar-refractivity contribution in [3.05, 3.63) is 12.2 Å². The number of rotatable bonds is 2. The van der Waals surface area contributed by atoms with Crippen molar-refractivity contribution in [3.63, 3.8) is 0 Å². The van der Waals surface area contributed by atoms with E-state index in [1.165, 1.54) is 12.8 Å². The summed E-state index contributed by atoms with van der Waals surface area (Å²) in [4.78, 5) is 0. The van der Waals surface area contributed by atoms with E-state index in [-0.39, 0.29) is 11.7 Å². The molecular weight excluding hydrogens is 172 g/mol. The fourth-order valence-electron chi connectivity index (χ4n) is 1.59. The lowest BCUT2D eigenvalue weighted by atomic mass is 10.0. The fourth-order valence-corrected chi connectivity index (χ4v) is 1.59. The number of hydrogen-bond acceptors (Lipinski definition) is 1. The molecule has 0 aromatic rings. The largest absolute Gasteiger partial charge is 0.356 e. The highest BCUT2D eigenvalue weighted by Gasteiger charge is 2.20. The second-order valence-corrected chi connectivity index (χ2v) is 4.18. The van der Waals surface area contributed by atoms with Crippen LogP contribution >= 0.6 is 0 Å². The van der Waals surface area contributed by atoms with Crippen molar-refractivity contribution in [1.29, 1.82) is 0 Å². The van der Waals surface area contributed by atoms with Crippen LogP contribution in [0, 0.1) is 11.8 Å². The van der Waals surface area contributed by atoms with Gasteiger partial charge in [0.2, 0.25) is 0 Å². The molecule has 0 saturated heterocycles. The third kappa shape index (κ3) is 3.98. The molecule has 0 N–H and O–H groups in total. The topological polar surface area (TPSA) is 9.23 Å². The molecule has 78 valence electrons. The maximum absolute atomic E-state index is 5.92. The third-order valence-electron chi connectivity index (χ3n) is 2.22. The molecule has 0 heterocycles. The molecule has 0 fully saturated rings. The molecule has 0 aliphatic heterocycles. The third-order valence-corrected chi connectivity index (χ3v) is 2.22. The number of hydrogen-bond donors (Lipinski definition) is 0. The fraction of sp³-hybridized carbons (Fsp3) is 0.692. The molecule has 0 bridgehead atoms. The van der Waals surface area contributed by atoms with E-state index in [0.717, 1.165) is 12.8 Å². The highest BCUT2D eigenvalue weighted by atomic mass is 16.5. The molecule has 0 spiro atoms. The van der Waals surface area contributed by atoms with E-state index < -0.39 is 0 Å². The van der Waals surface area contributed by atoms with Crippen molar-refractivity contribution in [2.75, 3.05) is 0 Å². The molecule has 1 heteroatoms. The Kier molecular flexibility index (Phi) is 4.22. The Hall–Kier alpha value is -0.740. The summed E-state index contributed by atoms with van der Waals surface area (Å²) in [5, 5.41) is 0. The minimum absolute atomic E-state index is 0.268. The average molecular weight is 192 g/mol. The van der Waals surface area contributed by atoms with Gasteiger partial charge in [-0.25, -0.2) is 0 Å². The first-order valence-electron chi connectivity index (χ1n) is 5.48. The highest BCUT2D eigenvalue weighted by Crippen LogP contribution is 2.19. The molecule has 0 amide bonds. The second kappa shape index (κ2) is 5.22. The molecule has 0 saturated carbocycles. The van der Waals surface area contributed by atoms with Gasteiger partial charge in [0.25, 0.3) is 0 Å². The van der Waals surface area contributed by atoms with Gasteiger partial charge in [-0.2, -0.15) is 0 Å². The van der Waals surface area contributed by atoms with Crippen LogP contribution < -0.4 is 0 Å². The van der Waals surface area contributed by atoms with Gasteiger partial charge in [0.05, 0.1) is 6.10 Å². The lowest BCUT2D eigenvalue weighted by Crippen LogP contribution is -2.28. The van der Waals surface area contributed by atoms with Crippen LogP contribution in [0.3, 0.4) is 0 Å². The first kappa shape index (κ1) is 11.3. The molecule has 0 radical (unpaired) electrons.